The van der Waals surface area contributed by atoms with Crippen molar-refractivity contribution in [3.63, 3.8) is 0 Å². The van der Waals surface area contributed by atoms with Crippen LogP contribution in [0.1, 0.15) is 13.8 Å². The number of nitrogens with one attached hydrogen (secondary N) is 1. The Bertz CT molecular complexity index is 752. The Labute approximate surface area is 162 Å². The van der Waals surface area contributed by atoms with Gasteiger partial charge >= 0.3 is 0 Å². The molecule has 0 aliphatic carbocycles. The topological polar surface area (TPSA) is 124 Å². The number of rotatable bonds is 9. The van der Waals surface area contributed by atoms with Gasteiger partial charge in [0.1, 0.15) is 0 Å². The minimum Gasteiger partial charge on any atom is -0.355 e. The highest BCUT2D eigenvalue weighted by Gasteiger charge is 2.33. The highest BCUT2D eigenvalue weighted by atomic mass is 32.2. The lowest BCUT2D eigenvalue weighted by Crippen LogP contribution is -2.42. The van der Waals surface area contributed by atoms with Crippen molar-refractivity contribution in [3.8, 4) is 0 Å². The number of likely N-dealkylation sites (tertiary alicyclic amines) is 1. The van der Waals surface area contributed by atoms with Crippen LogP contribution in [0.15, 0.2) is 0 Å². The fraction of sp³-hybridized carbons (Fsp3) is 0.867. The predicted octanol–water partition coefficient (Wildman–Crippen LogP) is -1.63. The third kappa shape index (κ3) is 7.01. The molecule has 10 nitrogen and oxygen atoms in total. The van der Waals surface area contributed by atoms with Crippen molar-refractivity contribution in [3.05, 3.63) is 0 Å². The summed E-state index contributed by atoms with van der Waals surface area (Å²) >= 11 is 0. The zero-order valence-electron chi connectivity index (χ0n) is 16.5. The summed E-state index contributed by atoms with van der Waals surface area (Å²) in [5.41, 5.74) is 0. The highest BCUT2D eigenvalue weighted by Crippen LogP contribution is 2.22. The Kier molecular flexibility index (Phi) is 8.20. The number of likely N-dealkylation sites (N-methyl/N-ethyl adjacent to an activating group) is 2. The van der Waals surface area contributed by atoms with Crippen LogP contribution in [-0.4, -0.2) is 101 Å². The Morgan fingerprint density at radius 2 is 1.67 bits per heavy atom. The van der Waals surface area contributed by atoms with Gasteiger partial charge in [-0.3, -0.25) is 9.59 Å². The molecule has 1 rings (SSSR count). The van der Waals surface area contributed by atoms with E-state index in [0.29, 0.717) is 19.6 Å². The Morgan fingerprint density at radius 1 is 1.07 bits per heavy atom. The molecule has 0 saturated carbocycles. The zero-order valence-corrected chi connectivity index (χ0v) is 18.1. The number of hydrogen-bond donors (Lipinski definition) is 1. The maximum Gasteiger partial charge on any atom is 0.237 e. The van der Waals surface area contributed by atoms with E-state index in [1.165, 1.54) is 21.0 Å². The first-order valence-electron chi connectivity index (χ1n) is 8.67. The molecular weight excluding hydrogens is 396 g/mol. The molecule has 2 atom stereocenters. The van der Waals surface area contributed by atoms with E-state index in [4.69, 9.17) is 0 Å². The molecule has 158 valence electrons. The van der Waals surface area contributed by atoms with Crippen LogP contribution in [0, 0.1) is 11.8 Å². The molecule has 12 heteroatoms. The predicted molar refractivity (Wildman–Crippen MR) is 102 cm³/mol. The van der Waals surface area contributed by atoms with Gasteiger partial charge in [-0.15, -0.1) is 0 Å². The molecule has 0 aromatic rings. The molecule has 0 spiro atoms. The smallest absolute Gasteiger partial charge is 0.237 e. The normalized spacial score (nSPS) is 21.1. The van der Waals surface area contributed by atoms with Crippen LogP contribution in [0.3, 0.4) is 0 Å². The fourth-order valence-corrected chi connectivity index (χ4v) is 3.83. The third-order valence-corrected chi connectivity index (χ3v) is 7.88. The van der Waals surface area contributed by atoms with Crippen molar-refractivity contribution >= 4 is 31.9 Å². The van der Waals surface area contributed by atoms with Crippen molar-refractivity contribution < 1.29 is 26.4 Å². The molecule has 1 N–H and O–H groups in total. The third-order valence-electron chi connectivity index (χ3n) is 4.81. The van der Waals surface area contributed by atoms with Gasteiger partial charge in [0.25, 0.3) is 0 Å². The minimum absolute atomic E-state index is 0.0227. The van der Waals surface area contributed by atoms with E-state index in [9.17, 15) is 26.4 Å². The van der Waals surface area contributed by atoms with Gasteiger partial charge in [-0.1, -0.05) is 6.92 Å². The van der Waals surface area contributed by atoms with Gasteiger partial charge in [0.15, 0.2) is 0 Å². The molecule has 0 radical (unpaired) electrons. The van der Waals surface area contributed by atoms with E-state index in [0.717, 1.165) is 14.9 Å². The number of nitrogens with zero attached hydrogens (tertiary/aromatic N) is 3. The Morgan fingerprint density at radius 3 is 2.19 bits per heavy atom. The Hall–Kier alpha value is -1.24. The number of amides is 2. The van der Waals surface area contributed by atoms with Crippen LogP contribution in [0.25, 0.3) is 0 Å². The number of hydrogen-bond acceptors (Lipinski definition) is 6. The van der Waals surface area contributed by atoms with E-state index in [-0.39, 0.29) is 36.6 Å². The highest BCUT2D eigenvalue weighted by molar-refractivity contribution is 7.89. The molecule has 1 saturated heterocycles. The summed E-state index contributed by atoms with van der Waals surface area (Å²) in [4.78, 5) is 25.9. The largest absolute Gasteiger partial charge is 0.355 e. The lowest BCUT2D eigenvalue weighted by Gasteiger charge is -2.20. The summed E-state index contributed by atoms with van der Waals surface area (Å²) in [5, 5.41) is 2.72. The van der Waals surface area contributed by atoms with Crippen molar-refractivity contribution in [2.75, 3.05) is 58.8 Å². The second kappa shape index (κ2) is 9.30. The van der Waals surface area contributed by atoms with E-state index >= 15 is 0 Å². The fourth-order valence-electron chi connectivity index (χ4n) is 2.73. The summed E-state index contributed by atoms with van der Waals surface area (Å²) in [5.74, 6) is -0.597. The Balaban J connectivity index is 2.52. The van der Waals surface area contributed by atoms with Gasteiger partial charge in [0.05, 0.1) is 25.1 Å². The molecule has 1 fully saturated rings. The molecule has 1 aliphatic rings. The molecule has 0 unspecified atom stereocenters. The van der Waals surface area contributed by atoms with Crippen LogP contribution in [0.2, 0.25) is 0 Å². The molecule has 2 amide bonds. The minimum atomic E-state index is -3.43. The van der Waals surface area contributed by atoms with Gasteiger partial charge in [0, 0.05) is 33.7 Å². The van der Waals surface area contributed by atoms with Crippen LogP contribution >= 0.6 is 0 Å². The second-order valence-corrected chi connectivity index (χ2v) is 11.5. The first-order chi connectivity index (χ1) is 12.3. The summed E-state index contributed by atoms with van der Waals surface area (Å²) < 4.78 is 48.2. The standard InChI is InChI=1S/C15H30N4O6S2/c1-6-27(24,25)18(4)10-14(20)16-7-13-9-19(8-12(13)2)15(21)11-17(3)26(5,22)23/h12-13H,6-11H2,1-5H3,(H,16,20)/t12-,13-/m1/s1. The molecule has 27 heavy (non-hydrogen) atoms. The average molecular weight is 427 g/mol. The molecule has 1 aliphatic heterocycles. The molecule has 1 heterocycles. The van der Waals surface area contributed by atoms with Crippen molar-refractivity contribution in [2.24, 2.45) is 11.8 Å². The quantitative estimate of drug-likeness (QED) is 0.472. The number of carbonyl (C=O) groups excluding carboxylic acids is 2. The number of carbonyl (C=O) groups is 2. The maximum atomic E-state index is 12.3. The zero-order chi connectivity index (χ0) is 21.0. The number of sulfonamides is 2. The summed E-state index contributed by atoms with van der Waals surface area (Å²) in [7, 11) is -4.14. The van der Waals surface area contributed by atoms with Crippen molar-refractivity contribution in [2.45, 2.75) is 13.8 Å². The van der Waals surface area contributed by atoms with Gasteiger partial charge in [0.2, 0.25) is 31.9 Å². The van der Waals surface area contributed by atoms with Crippen LogP contribution in [0.4, 0.5) is 0 Å². The van der Waals surface area contributed by atoms with Gasteiger partial charge in [-0.25, -0.2) is 16.8 Å². The van der Waals surface area contributed by atoms with Gasteiger partial charge < -0.3 is 10.2 Å². The van der Waals surface area contributed by atoms with E-state index in [1.807, 2.05) is 6.92 Å². The van der Waals surface area contributed by atoms with Crippen LogP contribution in [0.5, 0.6) is 0 Å². The summed E-state index contributed by atoms with van der Waals surface area (Å²) in [6, 6.07) is 0. The van der Waals surface area contributed by atoms with Gasteiger partial charge in [-0.2, -0.15) is 8.61 Å². The lowest BCUT2D eigenvalue weighted by atomic mass is 9.98. The average Bonchev–Trinajstić information content (AvgIpc) is 2.93. The SMILES string of the molecule is CCS(=O)(=O)N(C)CC(=O)NC[C@@H]1CN(C(=O)CN(C)S(C)(=O)=O)C[C@H]1C. The molecular formula is C15H30N4O6S2. The second-order valence-electron chi connectivity index (χ2n) is 7.02. The van der Waals surface area contributed by atoms with E-state index in [2.05, 4.69) is 5.32 Å². The monoisotopic (exact) mass is 426 g/mol. The maximum absolute atomic E-state index is 12.3. The van der Waals surface area contributed by atoms with Crippen molar-refractivity contribution in [1.29, 1.82) is 0 Å². The first-order valence-corrected chi connectivity index (χ1v) is 12.1. The summed E-state index contributed by atoms with van der Waals surface area (Å²) in [6.07, 6.45) is 1.04. The first kappa shape index (κ1) is 23.8. The lowest BCUT2D eigenvalue weighted by molar-refractivity contribution is -0.130. The van der Waals surface area contributed by atoms with Gasteiger partial charge in [-0.05, 0) is 18.8 Å². The molecule has 0 aromatic heterocycles. The van der Waals surface area contributed by atoms with E-state index in [1.54, 1.807) is 4.90 Å². The molecule has 0 bridgehead atoms. The summed E-state index contributed by atoms with van der Waals surface area (Å²) in [6.45, 7) is 4.23. The van der Waals surface area contributed by atoms with E-state index < -0.39 is 26.0 Å². The molecule has 0 aromatic carbocycles. The van der Waals surface area contributed by atoms with Crippen molar-refractivity contribution in [1.82, 2.24) is 18.8 Å². The van der Waals surface area contributed by atoms with Crippen LogP contribution in [-0.2, 0) is 29.6 Å². The van der Waals surface area contributed by atoms with Crippen LogP contribution < -0.4 is 5.32 Å².